The summed E-state index contributed by atoms with van der Waals surface area (Å²) >= 11 is 3.39. The van der Waals surface area contributed by atoms with Crippen LogP contribution in [0.4, 0.5) is 11.5 Å². The number of nitrogen functional groups attached to an aromatic ring is 1. The van der Waals surface area contributed by atoms with Gasteiger partial charge in [0.25, 0.3) is 5.56 Å². The molecule has 1 aromatic carbocycles. The molecule has 4 N–H and O–H groups in total. The lowest BCUT2D eigenvalue weighted by molar-refractivity contribution is 0.642. The van der Waals surface area contributed by atoms with Gasteiger partial charge in [-0.1, -0.05) is 35.0 Å². The van der Waals surface area contributed by atoms with Crippen molar-refractivity contribution in [3.8, 4) is 0 Å². The zero-order valence-corrected chi connectivity index (χ0v) is 13.2. The van der Waals surface area contributed by atoms with Gasteiger partial charge in [0.2, 0.25) is 0 Å². The number of hydrogen-bond acceptors (Lipinski definition) is 4. The molecule has 0 aliphatic heterocycles. The second-order valence-electron chi connectivity index (χ2n) is 4.65. The molecule has 1 heterocycles. The first kappa shape index (κ1) is 15.4. The van der Waals surface area contributed by atoms with Gasteiger partial charge in [0.15, 0.2) is 0 Å². The third kappa shape index (κ3) is 3.55. The van der Waals surface area contributed by atoms with Crippen LogP contribution in [0, 0.1) is 0 Å². The molecule has 2 rings (SSSR count). The van der Waals surface area contributed by atoms with Crippen molar-refractivity contribution < 1.29 is 0 Å². The molecule has 0 amide bonds. The van der Waals surface area contributed by atoms with Gasteiger partial charge in [-0.3, -0.25) is 14.3 Å². The summed E-state index contributed by atoms with van der Waals surface area (Å²) in [5.74, 6) is 0.167. The van der Waals surface area contributed by atoms with E-state index in [0.717, 1.165) is 16.5 Å². The maximum atomic E-state index is 11.9. The van der Waals surface area contributed by atoms with E-state index in [2.05, 4.69) is 26.2 Å². The van der Waals surface area contributed by atoms with E-state index >= 15 is 0 Å². The van der Waals surface area contributed by atoms with Crippen LogP contribution < -0.4 is 22.3 Å². The van der Waals surface area contributed by atoms with E-state index < -0.39 is 11.2 Å². The predicted molar refractivity (Wildman–Crippen MR) is 87.5 cm³/mol. The van der Waals surface area contributed by atoms with Gasteiger partial charge in [-0.05, 0) is 24.1 Å². The topological polar surface area (TPSA) is 92.9 Å². The first-order valence-corrected chi connectivity index (χ1v) is 7.43. The number of aromatic nitrogens is 2. The summed E-state index contributed by atoms with van der Waals surface area (Å²) in [4.78, 5) is 25.9. The van der Waals surface area contributed by atoms with Crippen LogP contribution in [0.25, 0.3) is 0 Å². The molecule has 1 aromatic heterocycles. The van der Waals surface area contributed by atoms with E-state index in [1.54, 1.807) is 0 Å². The highest BCUT2D eigenvalue weighted by Gasteiger charge is 2.11. The van der Waals surface area contributed by atoms with Crippen LogP contribution in [0.5, 0.6) is 0 Å². The van der Waals surface area contributed by atoms with Crippen molar-refractivity contribution in [1.82, 2.24) is 9.55 Å². The van der Waals surface area contributed by atoms with E-state index in [1.165, 1.54) is 4.57 Å². The highest BCUT2D eigenvalue weighted by Crippen LogP contribution is 2.15. The zero-order valence-electron chi connectivity index (χ0n) is 11.6. The SMILES string of the molecule is CCCn1c(N)c(NCc2cccc(Br)c2)c(=O)[nH]c1=O. The fraction of sp³-hybridized carbons (Fsp3) is 0.286. The number of rotatable bonds is 5. The van der Waals surface area contributed by atoms with Gasteiger partial charge in [-0.25, -0.2) is 4.79 Å². The number of hydrogen-bond donors (Lipinski definition) is 3. The van der Waals surface area contributed by atoms with Crippen molar-refractivity contribution in [3.05, 3.63) is 55.1 Å². The van der Waals surface area contributed by atoms with Crippen molar-refractivity contribution in [1.29, 1.82) is 0 Å². The van der Waals surface area contributed by atoms with E-state index in [0.29, 0.717) is 13.1 Å². The van der Waals surface area contributed by atoms with E-state index in [-0.39, 0.29) is 11.5 Å². The number of aromatic amines is 1. The Kier molecular flexibility index (Phi) is 4.85. The molecule has 0 bridgehead atoms. The quantitative estimate of drug-likeness (QED) is 0.766. The van der Waals surface area contributed by atoms with E-state index in [9.17, 15) is 9.59 Å². The second kappa shape index (κ2) is 6.62. The Morgan fingerprint density at radius 3 is 2.81 bits per heavy atom. The Morgan fingerprint density at radius 2 is 2.14 bits per heavy atom. The highest BCUT2D eigenvalue weighted by atomic mass is 79.9. The molecule has 0 atom stereocenters. The summed E-state index contributed by atoms with van der Waals surface area (Å²) < 4.78 is 2.32. The average molecular weight is 353 g/mol. The minimum atomic E-state index is -0.500. The molecule has 0 aliphatic rings. The number of nitrogens with zero attached hydrogens (tertiary/aromatic N) is 1. The number of nitrogens with one attached hydrogen (secondary N) is 2. The van der Waals surface area contributed by atoms with Gasteiger partial charge in [0.05, 0.1) is 0 Å². The maximum absolute atomic E-state index is 11.9. The minimum absolute atomic E-state index is 0.167. The van der Waals surface area contributed by atoms with Gasteiger partial charge >= 0.3 is 5.69 Å². The highest BCUT2D eigenvalue weighted by molar-refractivity contribution is 9.10. The first-order valence-electron chi connectivity index (χ1n) is 6.63. The van der Waals surface area contributed by atoms with Crippen molar-refractivity contribution in [3.63, 3.8) is 0 Å². The molecule has 0 radical (unpaired) electrons. The number of halogens is 1. The molecular formula is C14H17BrN4O2. The van der Waals surface area contributed by atoms with Crippen LogP contribution in [0.2, 0.25) is 0 Å². The molecule has 2 aromatic rings. The van der Waals surface area contributed by atoms with Gasteiger partial charge < -0.3 is 11.1 Å². The van der Waals surface area contributed by atoms with Crippen molar-refractivity contribution in [2.75, 3.05) is 11.1 Å². The third-order valence-electron chi connectivity index (χ3n) is 3.05. The van der Waals surface area contributed by atoms with Crippen LogP contribution in [-0.2, 0) is 13.1 Å². The van der Waals surface area contributed by atoms with Gasteiger partial charge in [0, 0.05) is 17.6 Å². The summed E-state index contributed by atoms with van der Waals surface area (Å²) in [6.07, 6.45) is 0.751. The first-order chi connectivity index (χ1) is 10.0. The number of benzene rings is 1. The third-order valence-corrected chi connectivity index (χ3v) is 3.54. The van der Waals surface area contributed by atoms with E-state index in [1.807, 2.05) is 31.2 Å². The van der Waals surface area contributed by atoms with Crippen molar-refractivity contribution in [2.24, 2.45) is 0 Å². The van der Waals surface area contributed by atoms with Crippen LogP contribution in [0.3, 0.4) is 0 Å². The predicted octanol–water partition coefficient (Wildman–Crippen LogP) is 1.90. The lowest BCUT2D eigenvalue weighted by atomic mass is 10.2. The summed E-state index contributed by atoms with van der Waals surface area (Å²) in [7, 11) is 0. The Balaban J connectivity index is 2.30. The Labute approximate surface area is 130 Å². The molecule has 0 saturated carbocycles. The Bertz CT molecular complexity index is 751. The van der Waals surface area contributed by atoms with Gasteiger partial charge in [-0.2, -0.15) is 0 Å². The summed E-state index contributed by atoms with van der Waals surface area (Å²) in [5, 5.41) is 3.00. The zero-order chi connectivity index (χ0) is 15.4. The Hall–Kier alpha value is -2.02. The van der Waals surface area contributed by atoms with Gasteiger partial charge in [-0.15, -0.1) is 0 Å². The lowest BCUT2D eigenvalue weighted by Gasteiger charge is -2.13. The summed E-state index contributed by atoms with van der Waals surface area (Å²) in [6.45, 7) is 2.84. The molecule has 21 heavy (non-hydrogen) atoms. The van der Waals surface area contributed by atoms with E-state index in [4.69, 9.17) is 5.73 Å². The monoisotopic (exact) mass is 352 g/mol. The number of anilines is 2. The summed E-state index contributed by atoms with van der Waals surface area (Å²) in [5.41, 5.74) is 6.18. The largest absolute Gasteiger partial charge is 0.383 e. The number of H-pyrrole nitrogens is 1. The fourth-order valence-corrected chi connectivity index (χ4v) is 2.49. The van der Waals surface area contributed by atoms with Crippen LogP contribution in [-0.4, -0.2) is 9.55 Å². The minimum Gasteiger partial charge on any atom is -0.383 e. The molecule has 112 valence electrons. The average Bonchev–Trinajstić information content (AvgIpc) is 2.43. The van der Waals surface area contributed by atoms with Crippen LogP contribution in [0.1, 0.15) is 18.9 Å². The van der Waals surface area contributed by atoms with Crippen LogP contribution >= 0.6 is 15.9 Å². The molecule has 6 nitrogen and oxygen atoms in total. The fourth-order valence-electron chi connectivity index (χ4n) is 2.04. The van der Waals surface area contributed by atoms with Crippen molar-refractivity contribution in [2.45, 2.75) is 26.4 Å². The normalized spacial score (nSPS) is 10.6. The molecule has 0 aliphatic carbocycles. The molecule has 0 fully saturated rings. The maximum Gasteiger partial charge on any atom is 0.330 e. The molecule has 0 saturated heterocycles. The molecule has 7 heteroatoms. The second-order valence-corrected chi connectivity index (χ2v) is 5.57. The standard InChI is InChI=1S/C14H17BrN4O2/c1-2-6-19-12(16)11(13(20)18-14(19)21)17-8-9-4-3-5-10(15)7-9/h3-5,7,17H,2,6,8,16H2,1H3,(H,18,20,21). The number of nitrogens with two attached hydrogens (primary N) is 1. The van der Waals surface area contributed by atoms with Crippen LogP contribution in [0.15, 0.2) is 38.3 Å². The molecular weight excluding hydrogens is 336 g/mol. The lowest BCUT2D eigenvalue weighted by Crippen LogP contribution is -2.34. The molecule has 0 unspecified atom stereocenters. The summed E-state index contributed by atoms with van der Waals surface area (Å²) in [6, 6.07) is 7.71. The smallest absolute Gasteiger partial charge is 0.330 e. The van der Waals surface area contributed by atoms with Gasteiger partial charge in [0.1, 0.15) is 11.5 Å². The molecule has 0 spiro atoms. The Morgan fingerprint density at radius 1 is 1.38 bits per heavy atom. The van der Waals surface area contributed by atoms with Crippen molar-refractivity contribution >= 4 is 27.4 Å².